The third kappa shape index (κ3) is 3.48. The average molecular weight is 357 g/mol. The van der Waals surface area contributed by atoms with E-state index in [9.17, 15) is 14.4 Å². The van der Waals surface area contributed by atoms with E-state index in [0.29, 0.717) is 48.8 Å². The Labute approximate surface area is 152 Å². The lowest BCUT2D eigenvalue weighted by Crippen LogP contribution is -2.49. The van der Waals surface area contributed by atoms with Crippen molar-refractivity contribution >= 4 is 17.5 Å². The lowest BCUT2D eigenvalue weighted by Gasteiger charge is -2.33. The zero-order valence-corrected chi connectivity index (χ0v) is 15.3. The van der Waals surface area contributed by atoms with Crippen LogP contribution in [-0.2, 0) is 0 Å². The Bertz CT molecular complexity index is 827. The predicted octanol–water partition coefficient (Wildman–Crippen LogP) is 2.07. The van der Waals surface area contributed by atoms with Crippen molar-refractivity contribution in [3.63, 3.8) is 0 Å². The van der Waals surface area contributed by atoms with Crippen molar-refractivity contribution in [1.29, 1.82) is 0 Å². The second-order valence-corrected chi connectivity index (χ2v) is 6.65. The van der Waals surface area contributed by atoms with E-state index in [-0.39, 0.29) is 24.0 Å². The number of hydrogen-bond acceptors (Lipinski definition) is 5. The van der Waals surface area contributed by atoms with Crippen LogP contribution in [0.5, 0.6) is 0 Å². The van der Waals surface area contributed by atoms with Gasteiger partial charge in [-0.15, -0.1) is 0 Å². The van der Waals surface area contributed by atoms with Crippen molar-refractivity contribution in [2.75, 3.05) is 32.7 Å². The van der Waals surface area contributed by atoms with Crippen LogP contribution in [0, 0.1) is 13.8 Å². The number of amides is 1. The van der Waals surface area contributed by atoms with Crippen LogP contribution in [0.15, 0.2) is 22.8 Å². The fourth-order valence-electron chi connectivity index (χ4n) is 3.50. The first-order chi connectivity index (χ1) is 12.4. The molecular formula is C19H23N3O4. The van der Waals surface area contributed by atoms with Crippen molar-refractivity contribution in [1.82, 2.24) is 14.8 Å². The topological polar surface area (TPSA) is 86.6 Å². The molecule has 0 spiro atoms. The largest absolute Gasteiger partial charge is 0.459 e. The second-order valence-electron chi connectivity index (χ2n) is 6.65. The molecule has 0 radical (unpaired) electrons. The van der Waals surface area contributed by atoms with E-state index in [4.69, 9.17) is 4.42 Å². The number of furan rings is 1. The lowest BCUT2D eigenvalue weighted by molar-refractivity contribution is 0.0595. The first-order valence-corrected chi connectivity index (χ1v) is 8.67. The fraction of sp³-hybridized carbons (Fsp3) is 0.421. The Hall–Kier alpha value is -2.67. The number of hydrogen-bond donors (Lipinski definition) is 1. The monoisotopic (exact) mass is 357 g/mol. The van der Waals surface area contributed by atoms with Gasteiger partial charge >= 0.3 is 0 Å². The van der Waals surface area contributed by atoms with Gasteiger partial charge in [0.2, 0.25) is 0 Å². The number of aromatic amines is 1. The SMILES string of the molecule is CC(=O)c1c(C)[nH]c(C(=O)CN2CCN(C(=O)c3ccco3)CC2)c1C. The van der Waals surface area contributed by atoms with E-state index in [1.54, 1.807) is 30.9 Å². The molecule has 7 heteroatoms. The van der Waals surface area contributed by atoms with Crippen molar-refractivity contribution in [2.24, 2.45) is 0 Å². The normalized spacial score (nSPS) is 15.3. The molecular weight excluding hydrogens is 334 g/mol. The molecule has 1 fully saturated rings. The summed E-state index contributed by atoms with van der Waals surface area (Å²) in [6.07, 6.45) is 1.48. The molecule has 1 amide bonds. The summed E-state index contributed by atoms with van der Waals surface area (Å²) in [6, 6.07) is 3.35. The molecule has 26 heavy (non-hydrogen) atoms. The molecule has 138 valence electrons. The van der Waals surface area contributed by atoms with Gasteiger partial charge in [-0.2, -0.15) is 0 Å². The van der Waals surface area contributed by atoms with Gasteiger partial charge in [-0.3, -0.25) is 19.3 Å². The van der Waals surface area contributed by atoms with Gasteiger partial charge < -0.3 is 14.3 Å². The van der Waals surface area contributed by atoms with E-state index in [0.717, 1.165) is 5.69 Å². The number of aromatic nitrogens is 1. The quantitative estimate of drug-likeness (QED) is 0.828. The first-order valence-electron chi connectivity index (χ1n) is 8.67. The molecule has 1 aliphatic heterocycles. The van der Waals surface area contributed by atoms with Crippen LogP contribution in [0.1, 0.15) is 49.6 Å². The summed E-state index contributed by atoms with van der Waals surface area (Å²) < 4.78 is 5.15. The Kier molecular flexibility index (Phi) is 5.08. The minimum Gasteiger partial charge on any atom is -0.459 e. The number of ketones is 2. The molecule has 0 aromatic carbocycles. The Balaban J connectivity index is 1.60. The Morgan fingerprint density at radius 1 is 1.15 bits per heavy atom. The molecule has 2 aromatic rings. The van der Waals surface area contributed by atoms with E-state index >= 15 is 0 Å². The number of rotatable bonds is 5. The number of piperazine rings is 1. The molecule has 1 aliphatic rings. The van der Waals surface area contributed by atoms with E-state index in [2.05, 4.69) is 4.98 Å². The second kappa shape index (κ2) is 7.29. The van der Waals surface area contributed by atoms with Crippen LogP contribution in [0.2, 0.25) is 0 Å². The van der Waals surface area contributed by atoms with Crippen LogP contribution in [0.25, 0.3) is 0 Å². The standard InChI is InChI=1S/C19H23N3O4/c1-12-17(14(3)23)13(2)20-18(12)15(24)11-21-6-8-22(9-7-21)19(25)16-5-4-10-26-16/h4-5,10,20H,6-9,11H2,1-3H3. The third-order valence-corrected chi connectivity index (χ3v) is 4.83. The Morgan fingerprint density at radius 2 is 1.85 bits per heavy atom. The molecule has 0 unspecified atom stereocenters. The van der Waals surface area contributed by atoms with Gasteiger partial charge in [-0.25, -0.2) is 0 Å². The highest BCUT2D eigenvalue weighted by molar-refractivity contribution is 6.04. The van der Waals surface area contributed by atoms with E-state index < -0.39 is 0 Å². The van der Waals surface area contributed by atoms with Gasteiger partial charge in [0, 0.05) is 37.4 Å². The maximum atomic E-state index is 12.6. The average Bonchev–Trinajstić information content (AvgIpc) is 3.23. The number of Topliss-reactive ketones (excluding diaryl/α,β-unsaturated/α-hetero) is 2. The molecule has 3 heterocycles. The summed E-state index contributed by atoms with van der Waals surface area (Å²) in [5.74, 6) is 0.135. The van der Waals surface area contributed by atoms with Gasteiger partial charge in [0.15, 0.2) is 17.3 Å². The summed E-state index contributed by atoms with van der Waals surface area (Å²) in [4.78, 5) is 43.5. The van der Waals surface area contributed by atoms with Crippen molar-refractivity contribution in [3.8, 4) is 0 Å². The van der Waals surface area contributed by atoms with E-state index in [1.165, 1.54) is 13.2 Å². The molecule has 1 N–H and O–H groups in total. The van der Waals surface area contributed by atoms with Gasteiger partial charge in [0.1, 0.15) is 0 Å². The number of nitrogens with one attached hydrogen (secondary N) is 1. The number of aryl methyl sites for hydroxylation is 1. The van der Waals surface area contributed by atoms with Crippen LogP contribution < -0.4 is 0 Å². The summed E-state index contributed by atoms with van der Waals surface area (Å²) in [5, 5.41) is 0. The fourth-order valence-corrected chi connectivity index (χ4v) is 3.50. The number of carbonyl (C=O) groups excluding carboxylic acids is 3. The maximum absolute atomic E-state index is 12.6. The zero-order chi connectivity index (χ0) is 18.8. The highest BCUT2D eigenvalue weighted by Crippen LogP contribution is 2.19. The summed E-state index contributed by atoms with van der Waals surface area (Å²) in [6.45, 7) is 7.72. The number of nitrogens with zero attached hydrogens (tertiary/aromatic N) is 2. The Morgan fingerprint density at radius 3 is 2.38 bits per heavy atom. The molecule has 0 saturated carbocycles. The molecule has 0 bridgehead atoms. The van der Waals surface area contributed by atoms with Gasteiger partial charge in [-0.05, 0) is 38.5 Å². The summed E-state index contributed by atoms with van der Waals surface area (Å²) >= 11 is 0. The van der Waals surface area contributed by atoms with Crippen LogP contribution in [0.3, 0.4) is 0 Å². The third-order valence-electron chi connectivity index (χ3n) is 4.83. The maximum Gasteiger partial charge on any atom is 0.289 e. The van der Waals surface area contributed by atoms with Gasteiger partial charge in [0.25, 0.3) is 5.91 Å². The molecule has 0 aliphatic carbocycles. The summed E-state index contributed by atoms with van der Waals surface area (Å²) in [7, 11) is 0. The minimum absolute atomic E-state index is 0.0380. The molecule has 7 nitrogen and oxygen atoms in total. The first kappa shape index (κ1) is 18.1. The molecule has 2 aromatic heterocycles. The highest BCUT2D eigenvalue weighted by Gasteiger charge is 2.26. The van der Waals surface area contributed by atoms with Crippen molar-refractivity contribution in [3.05, 3.63) is 46.7 Å². The number of carbonyl (C=O) groups is 3. The molecule has 0 atom stereocenters. The molecule has 3 rings (SSSR count). The van der Waals surface area contributed by atoms with Crippen LogP contribution in [-0.4, -0.2) is 65.0 Å². The van der Waals surface area contributed by atoms with Gasteiger partial charge in [0.05, 0.1) is 18.5 Å². The number of H-pyrrole nitrogens is 1. The zero-order valence-electron chi connectivity index (χ0n) is 15.3. The van der Waals surface area contributed by atoms with Gasteiger partial charge in [-0.1, -0.05) is 0 Å². The van der Waals surface area contributed by atoms with Crippen molar-refractivity contribution in [2.45, 2.75) is 20.8 Å². The summed E-state index contributed by atoms with van der Waals surface area (Å²) in [5.41, 5.74) is 2.54. The highest BCUT2D eigenvalue weighted by atomic mass is 16.3. The van der Waals surface area contributed by atoms with Crippen LogP contribution in [0.4, 0.5) is 0 Å². The molecule has 1 saturated heterocycles. The van der Waals surface area contributed by atoms with E-state index in [1.807, 2.05) is 4.90 Å². The predicted molar refractivity (Wildman–Crippen MR) is 95.7 cm³/mol. The van der Waals surface area contributed by atoms with Crippen molar-refractivity contribution < 1.29 is 18.8 Å². The lowest BCUT2D eigenvalue weighted by atomic mass is 10.1. The van der Waals surface area contributed by atoms with Crippen LogP contribution >= 0.6 is 0 Å². The minimum atomic E-state index is -0.122. The smallest absolute Gasteiger partial charge is 0.289 e.